The van der Waals surface area contributed by atoms with Crippen molar-refractivity contribution in [2.45, 2.75) is 0 Å². The first-order valence-corrected chi connectivity index (χ1v) is 19.3. The maximum atomic E-state index is 12.6. The highest BCUT2D eigenvalue weighted by Gasteiger charge is 2.21. The molecule has 0 spiro atoms. The van der Waals surface area contributed by atoms with Gasteiger partial charge in [0.05, 0.1) is 71.8 Å². The van der Waals surface area contributed by atoms with Crippen molar-refractivity contribution in [3.63, 3.8) is 0 Å². The van der Waals surface area contributed by atoms with Crippen molar-refractivity contribution in [3.05, 3.63) is 167 Å². The molecule has 0 radical (unpaired) electrons. The molecule has 4 aromatic carbocycles. The first-order chi connectivity index (χ1) is 29.7. The lowest BCUT2D eigenvalue weighted by Crippen LogP contribution is -2.03. The summed E-state index contributed by atoms with van der Waals surface area (Å²) in [5, 5.41) is 0. The Balaban J connectivity index is 1.45. The summed E-state index contributed by atoms with van der Waals surface area (Å²) < 4.78 is 17.1. The number of nitrogen functional groups attached to an aromatic ring is 1. The Hall–Kier alpha value is -8.31. The quantitative estimate of drug-likeness (QED) is 0.0911. The number of nitrogens with zero attached hydrogens (tertiary/aromatic N) is 3. The van der Waals surface area contributed by atoms with Crippen LogP contribution in [0.15, 0.2) is 127 Å². The Bertz CT molecular complexity index is 3120. The van der Waals surface area contributed by atoms with Gasteiger partial charge in [0.1, 0.15) is 0 Å². The highest BCUT2D eigenvalue weighted by Crippen LogP contribution is 2.39. The molecule has 2 aliphatic rings. The molecule has 2 aliphatic heterocycles. The third-order valence-corrected chi connectivity index (χ3v) is 10.7. The number of aromatic nitrogens is 4. The number of aromatic amines is 1. The monoisotopic (exact) mass is 803 g/mol. The van der Waals surface area contributed by atoms with Crippen LogP contribution in [0.4, 0.5) is 5.69 Å². The highest BCUT2D eigenvalue weighted by molar-refractivity contribution is 6.00. The first kappa shape index (κ1) is 38.2. The van der Waals surface area contributed by atoms with E-state index in [1.54, 1.807) is 36.4 Å². The number of rotatable bonds is 7. The zero-order valence-corrected chi connectivity index (χ0v) is 33.3. The molecule has 298 valence electrons. The average molecular weight is 804 g/mol. The summed E-state index contributed by atoms with van der Waals surface area (Å²) in [6.07, 6.45) is 7.92. The van der Waals surface area contributed by atoms with Crippen molar-refractivity contribution in [3.8, 4) is 39.1 Å². The van der Waals surface area contributed by atoms with Crippen LogP contribution in [0.3, 0.4) is 0 Å². The van der Waals surface area contributed by atoms with E-state index in [0.29, 0.717) is 45.2 Å². The number of hydrogen-bond donors (Lipinski definition) is 2. The van der Waals surface area contributed by atoms with Crippen LogP contribution in [-0.4, -0.2) is 58.8 Å². The van der Waals surface area contributed by atoms with Crippen LogP contribution in [0.5, 0.6) is 0 Å². The molecule has 3 aromatic heterocycles. The molecule has 9 rings (SSSR count). The molecule has 0 amide bonds. The predicted octanol–water partition coefficient (Wildman–Crippen LogP) is 10.1. The normalized spacial score (nSPS) is 11.7. The van der Waals surface area contributed by atoms with E-state index in [9.17, 15) is 14.4 Å². The molecule has 0 saturated heterocycles. The average Bonchev–Trinajstić information content (AvgIpc) is 4.14. The van der Waals surface area contributed by atoms with E-state index in [0.717, 1.165) is 61.1 Å². The van der Waals surface area contributed by atoms with Gasteiger partial charge in [-0.1, -0.05) is 36.4 Å². The van der Waals surface area contributed by atoms with E-state index in [4.69, 9.17) is 29.9 Å². The van der Waals surface area contributed by atoms with E-state index in [-0.39, 0.29) is 0 Å². The smallest absolute Gasteiger partial charge is 0.337 e. The van der Waals surface area contributed by atoms with Gasteiger partial charge in [-0.2, -0.15) is 0 Å². The van der Waals surface area contributed by atoms with E-state index in [1.165, 1.54) is 21.3 Å². The van der Waals surface area contributed by atoms with Crippen LogP contribution in [0, 0.1) is 0 Å². The minimum absolute atomic E-state index is 0.399. The lowest BCUT2D eigenvalue weighted by atomic mass is 10.0. The van der Waals surface area contributed by atoms with Crippen molar-refractivity contribution < 1.29 is 28.6 Å². The molecule has 5 heterocycles. The van der Waals surface area contributed by atoms with Gasteiger partial charge in [-0.3, -0.25) is 0 Å². The van der Waals surface area contributed by atoms with Crippen LogP contribution in [0.25, 0.3) is 85.4 Å². The van der Waals surface area contributed by atoms with Gasteiger partial charge in [0.25, 0.3) is 0 Å². The fourth-order valence-corrected chi connectivity index (χ4v) is 7.74. The molecule has 0 saturated carbocycles. The molecular weight excluding hydrogens is 767 g/mol. The van der Waals surface area contributed by atoms with Gasteiger partial charge in [-0.25, -0.2) is 24.4 Å². The Kier molecular flexibility index (Phi) is 9.90. The first-order valence-electron chi connectivity index (χ1n) is 19.3. The van der Waals surface area contributed by atoms with Crippen molar-refractivity contribution >= 4 is 70.0 Å². The van der Waals surface area contributed by atoms with Gasteiger partial charge in [0.15, 0.2) is 0 Å². The number of carbonyl (C=O) groups is 3. The number of carbonyl (C=O) groups excluding carboxylic acids is 3. The minimum atomic E-state index is -0.452. The van der Waals surface area contributed by atoms with Crippen LogP contribution >= 0.6 is 0 Å². The molecule has 3 N–H and O–H groups in total. The van der Waals surface area contributed by atoms with Crippen molar-refractivity contribution in [1.82, 2.24) is 19.5 Å². The van der Waals surface area contributed by atoms with Gasteiger partial charge < -0.3 is 29.5 Å². The van der Waals surface area contributed by atoms with Gasteiger partial charge in [-0.05, 0) is 132 Å². The van der Waals surface area contributed by atoms with Gasteiger partial charge >= 0.3 is 17.9 Å². The number of nitrogens with one attached hydrogen (secondary N) is 1. The summed E-state index contributed by atoms with van der Waals surface area (Å²) in [6, 6.07) is 39.5. The Labute approximate surface area is 350 Å². The number of fused-ring (bicyclic) bond motifs is 8. The second kappa shape index (κ2) is 15.8. The fourth-order valence-electron chi connectivity index (χ4n) is 7.74. The van der Waals surface area contributed by atoms with Gasteiger partial charge in [0, 0.05) is 39.1 Å². The number of anilines is 1. The van der Waals surface area contributed by atoms with Crippen LogP contribution in [0.2, 0.25) is 0 Å². The lowest BCUT2D eigenvalue weighted by Gasteiger charge is -2.15. The summed E-state index contributed by atoms with van der Waals surface area (Å²) in [5.41, 5.74) is 19.7. The van der Waals surface area contributed by atoms with Crippen LogP contribution in [0.1, 0.15) is 53.8 Å². The standard InChI is InChI=1S/C50H37N5O6/c1-59-48(56)32-8-4-29(5-9-32)45-39-22-18-36(52-39)28-37-19-23-41(53-37)46(30-6-10-33(11-7-30)49(57)60-2)43-26-27-44(55(43)38-20-14-34(15-21-38)50(58)61-3)47(42-25-24-40(45)54-42)31-12-16-35(51)17-13-31/h4-28,52H,51H2,1-3H3. The number of methoxy groups -OCH3 is 3. The number of H-pyrrole nitrogens is 1. The Morgan fingerprint density at radius 1 is 0.508 bits per heavy atom. The topological polar surface area (TPSA) is 151 Å². The molecule has 0 atom stereocenters. The van der Waals surface area contributed by atoms with E-state index < -0.39 is 17.9 Å². The van der Waals surface area contributed by atoms with Gasteiger partial charge in [-0.15, -0.1) is 0 Å². The van der Waals surface area contributed by atoms with Gasteiger partial charge in [0.2, 0.25) is 0 Å². The molecule has 8 bridgehead atoms. The molecule has 0 aliphatic carbocycles. The number of benzene rings is 4. The third-order valence-electron chi connectivity index (χ3n) is 10.7. The molecule has 7 aromatic rings. The molecule has 11 heteroatoms. The summed E-state index contributed by atoms with van der Waals surface area (Å²) in [5.74, 6) is -1.32. The number of nitrogens with two attached hydrogens (primary N) is 1. The minimum Gasteiger partial charge on any atom is -0.465 e. The number of ether oxygens (including phenoxy) is 3. The lowest BCUT2D eigenvalue weighted by molar-refractivity contribution is 0.0592. The molecule has 61 heavy (non-hydrogen) atoms. The Morgan fingerprint density at radius 2 is 0.951 bits per heavy atom. The zero-order valence-electron chi connectivity index (χ0n) is 33.3. The van der Waals surface area contributed by atoms with Crippen molar-refractivity contribution in [2.24, 2.45) is 0 Å². The van der Waals surface area contributed by atoms with Crippen molar-refractivity contribution in [2.75, 3.05) is 27.1 Å². The SMILES string of the molecule is COC(=O)c1ccc(-c2c3nc(c(-c4ccc(N)cc4)c4ccc(c(-c5ccc(C(=O)OC)cc5)c5nc(cc6ccc2[nH]6)C=C5)n4-c2ccc(C(=O)OC)cc2)C=C3)cc1. The number of hydrogen-bond acceptors (Lipinski definition) is 9. The molecule has 0 fully saturated rings. The number of esters is 3. The van der Waals surface area contributed by atoms with Crippen LogP contribution < -0.4 is 5.73 Å². The molecular formula is C50H37N5O6. The second-order valence-corrected chi connectivity index (χ2v) is 14.3. The van der Waals surface area contributed by atoms with Crippen LogP contribution in [-0.2, 0) is 14.2 Å². The summed E-state index contributed by atoms with van der Waals surface area (Å²) >= 11 is 0. The molecule has 0 unspecified atom stereocenters. The van der Waals surface area contributed by atoms with E-state index in [2.05, 4.69) is 9.55 Å². The fraction of sp³-hybridized carbons (Fsp3) is 0.0600. The predicted molar refractivity (Wildman–Crippen MR) is 239 cm³/mol. The highest BCUT2D eigenvalue weighted by atomic mass is 16.5. The third kappa shape index (κ3) is 7.14. The molecule has 11 nitrogen and oxygen atoms in total. The second-order valence-electron chi connectivity index (χ2n) is 14.3. The Morgan fingerprint density at radius 3 is 1.48 bits per heavy atom. The largest absolute Gasteiger partial charge is 0.465 e. The maximum Gasteiger partial charge on any atom is 0.337 e. The van der Waals surface area contributed by atoms with E-state index >= 15 is 0 Å². The maximum absolute atomic E-state index is 12.6. The summed E-state index contributed by atoms with van der Waals surface area (Å²) in [4.78, 5) is 51.7. The summed E-state index contributed by atoms with van der Waals surface area (Å²) in [7, 11) is 4.07. The summed E-state index contributed by atoms with van der Waals surface area (Å²) in [6.45, 7) is 0. The van der Waals surface area contributed by atoms with E-state index in [1.807, 2.05) is 115 Å². The zero-order chi connectivity index (χ0) is 42.2. The van der Waals surface area contributed by atoms with Crippen molar-refractivity contribution in [1.29, 1.82) is 0 Å².